The Kier molecular flexibility index (Phi) is 4.62. The van der Waals surface area contributed by atoms with Gasteiger partial charge in [-0.25, -0.2) is 4.68 Å². The normalized spacial score (nSPS) is 11.7. The Hall–Kier alpha value is -2.74. The summed E-state index contributed by atoms with van der Waals surface area (Å²) in [6.07, 6.45) is 1.59. The van der Waals surface area contributed by atoms with Crippen molar-refractivity contribution in [3.05, 3.63) is 47.8 Å². The van der Waals surface area contributed by atoms with Gasteiger partial charge in [0.15, 0.2) is 0 Å². The fourth-order valence-corrected chi connectivity index (χ4v) is 1.57. The largest absolute Gasteiger partial charge is 0.323 e. The van der Waals surface area contributed by atoms with E-state index in [2.05, 4.69) is 21.2 Å². The van der Waals surface area contributed by atoms with Crippen molar-refractivity contribution in [3.63, 3.8) is 0 Å². The Morgan fingerprint density at radius 1 is 1.29 bits per heavy atom. The smallest absolute Gasteiger partial charge is 0.269 e. The van der Waals surface area contributed by atoms with E-state index >= 15 is 0 Å². The standard InChI is InChI=1S/C13H16N6O2/c1-9(14)11-7-19(18-15-11)8-12(20)16-17-13(21)10-5-3-2-4-6-10/h2-7,9H,8,14H2,1H3,(H,16,20)(H,17,21). The SMILES string of the molecule is CC(N)c1cn(CC(=O)NNC(=O)c2ccccc2)nn1. The first-order valence-corrected chi connectivity index (χ1v) is 6.36. The highest BCUT2D eigenvalue weighted by molar-refractivity contribution is 5.95. The average Bonchev–Trinajstić information content (AvgIpc) is 2.94. The van der Waals surface area contributed by atoms with Crippen LogP contribution in [0, 0.1) is 0 Å². The minimum Gasteiger partial charge on any atom is -0.323 e. The van der Waals surface area contributed by atoms with Crippen LogP contribution < -0.4 is 16.6 Å². The van der Waals surface area contributed by atoms with Crippen molar-refractivity contribution in [2.75, 3.05) is 0 Å². The predicted octanol–water partition coefficient (Wildman–Crippen LogP) is -0.241. The summed E-state index contributed by atoms with van der Waals surface area (Å²) in [7, 11) is 0. The van der Waals surface area contributed by atoms with Gasteiger partial charge in [-0.05, 0) is 19.1 Å². The molecule has 2 amide bonds. The van der Waals surface area contributed by atoms with Crippen LogP contribution in [-0.2, 0) is 11.3 Å². The number of carbonyl (C=O) groups is 2. The number of hydrazine groups is 1. The molecule has 0 radical (unpaired) electrons. The number of amides is 2. The lowest BCUT2D eigenvalue weighted by atomic mass is 10.2. The number of nitrogens with zero attached hydrogens (tertiary/aromatic N) is 3. The molecule has 1 atom stereocenters. The molecule has 0 spiro atoms. The molecule has 0 bridgehead atoms. The number of hydrogen-bond donors (Lipinski definition) is 3. The summed E-state index contributed by atoms with van der Waals surface area (Å²) in [4.78, 5) is 23.4. The molecule has 8 nitrogen and oxygen atoms in total. The van der Waals surface area contributed by atoms with E-state index in [0.717, 1.165) is 0 Å². The molecule has 0 saturated carbocycles. The van der Waals surface area contributed by atoms with E-state index in [1.54, 1.807) is 43.5 Å². The summed E-state index contributed by atoms with van der Waals surface area (Å²) in [5.41, 5.74) is 11.3. The van der Waals surface area contributed by atoms with Crippen LogP contribution in [0.1, 0.15) is 29.0 Å². The van der Waals surface area contributed by atoms with Crippen molar-refractivity contribution in [1.29, 1.82) is 0 Å². The molecular weight excluding hydrogens is 272 g/mol. The molecule has 1 aromatic heterocycles. The fourth-order valence-electron chi connectivity index (χ4n) is 1.57. The topological polar surface area (TPSA) is 115 Å². The lowest BCUT2D eigenvalue weighted by Gasteiger charge is -2.07. The molecule has 1 heterocycles. The first-order valence-electron chi connectivity index (χ1n) is 6.36. The molecule has 1 unspecified atom stereocenters. The Morgan fingerprint density at radius 3 is 2.62 bits per heavy atom. The lowest BCUT2D eigenvalue weighted by Crippen LogP contribution is -2.43. The van der Waals surface area contributed by atoms with Gasteiger partial charge in [-0.3, -0.25) is 20.4 Å². The summed E-state index contributed by atoms with van der Waals surface area (Å²) in [6, 6.07) is 8.32. The van der Waals surface area contributed by atoms with Crippen LogP contribution in [0.4, 0.5) is 0 Å². The number of benzene rings is 1. The number of carbonyl (C=O) groups excluding carboxylic acids is 2. The summed E-state index contributed by atoms with van der Waals surface area (Å²) in [5.74, 6) is -0.806. The van der Waals surface area contributed by atoms with E-state index < -0.39 is 5.91 Å². The van der Waals surface area contributed by atoms with Gasteiger partial charge in [-0.2, -0.15) is 0 Å². The molecule has 0 aliphatic rings. The zero-order valence-electron chi connectivity index (χ0n) is 11.5. The van der Waals surface area contributed by atoms with E-state index in [1.165, 1.54) is 4.68 Å². The Morgan fingerprint density at radius 2 is 2.00 bits per heavy atom. The van der Waals surface area contributed by atoms with Crippen molar-refractivity contribution in [1.82, 2.24) is 25.8 Å². The summed E-state index contributed by atoms with van der Waals surface area (Å²) >= 11 is 0. The molecule has 110 valence electrons. The van der Waals surface area contributed by atoms with Gasteiger partial charge in [0.05, 0.1) is 11.9 Å². The maximum Gasteiger partial charge on any atom is 0.269 e. The van der Waals surface area contributed by atoms with E-state index in [4.69, 9.17) is 5.73 Å². The van der Waals surface area contributed by atoms with Gasteiger partial charge in [0.25, 0.3) is 11.8 Å². The minimum atomic E-state index is -0.416. The summed E-state index contributed by atoms with van der Waals surface area (Å²) < 4.78 is 1.35. The van der Waals surface area contributed by atoms with Crippen LogP contribution in [0.5, 0.6) is 0 Å². The molecule has 21 heavy (non-hydrogen) atoms. The van der Waals surface area contributed by atoms with Crippen LogP contribution in [0.15, 0.2) is 36.5 Å². The van der Waals surface area contributed by atoms with Crippen molar-refractivity contribution in [2.24, 2.45) is 5.73 Å². The first kappa shape index (κ1) is 14.7. The van der Waals surface area contributed by atoms with Gasteiger partial charge in [0.1, 0.15) is 6.54 Å². The van der Waals surface area contributed by atoms with Crippen molar-refractivity contribution in [2.45, 2.75) is 19.5 Å². The second-order valence-corrected chi connectivity index (χ2v) is 4.50. The van der Waals surface area contributed by atoms with Crippen LogP contribution in [0.25, 0.3) is 0 Å². The van der Waals surface area contributed by atoms with E-state index in [1.807, 2.05) is 0 Å². The number of aromatic nitrogens is 3. The molecule has 1 aromatic carbocycles. The maximum absolute atomic E-state index is 11.7. The van der Waals surface area contributed by atoms with Gasteiger partial charge in [-0.15, -0.1) is 5.10 Å². The maximum atomic E-state index is 11.7. The molecule has 0 aliphatic carbocycles. The van der Waals surface area contributed by atoms with E-state index in [-0.39, 0.29) is 18.5 Å². The quantitative estimate of drug-likeness (QED) is 0.672. The Labute approximate surface area is 121 Å². The predicted molar refractivity (Wildman–Crippen MR) is 74.7 cm³/mol. The molecule has 2 rings (SSSR count). The molecule has 0 saturated heterocycles. The zero-order valence-corrected chi connectivity index (χ0v) is 11.5. The highest BCUT2D eigenvalue weighted by Crippen LogP contribution is 2.03. The minimum absolute atomic E-state index is 0.0607. The molecule has 2 aromatic rings. The number of hydrogen-bond acceptors (Lipinski definition) is 5. The first-order chi connectivity index (χ1) is 10.1. The van der Waals surface area contributed by atoms with E-state index in [0.29, 0.717) is 11.3 Å². The van der Waals surface area contributed by atoms with Gasteiger partial charge in [0.2, 0.25) is 0 Å². The van der Waals surface area contributed by atoms with Crippen LogP contribution >= 0.6 is 0 Å². The van der Waals surface area contributed by atoms with Crippen molar-refractivity contribution in [3.8, 4) is 0 Å². The fraction of sp³-hybridized carbons (Fsp3) is 0.231. The van der Waals surface area contributed by atoms with Crippen molar-refractivity contribution < 1.29 is 9.59 Å². The Balaban J connectivity index is 1.83. The summed E-state index contributed by atoms with van der Waals surface area (Å²) in [6.45, 7) is 1.71. The highest BCUT2D eigenvalue weighted by atomic mass is 16.2. The second-order valence-electron chi connectivity index (χ2n) is 4.50. The lowest BCUT2D eigenvalue weighted by molar-refractivity contribution is -0.122. The second kappa shape index (κ2) is 6.62. The summed E-state index contributed by atoms with van der Waals surface area (Å²) in [5, 5.41) is 7.61. The van der Waals surface area contributed by atoms with Gasteiger partial charge < -0.3 is 5.73 Å². The molecule has 0 aliphatic heterocycles. The molecule has 0 fully saturated rings. The molecule has 4 N–H and O–H groups in total. The molecule has 8 heteroatoms. The van der Waals surface area contributed by atoms with Crippen molar-refractivity contribution >= 4 is 11.8 Å². The zero-order chi connectivity index (χ0) is 15.2. The van der Waals surface area contributed by atoms with Gasteiger partial charge >= 0.3 is 0 Å². The van der Waals surface area contributed by atoms with E-state index in [9.17, 15) is 9.59 Å². The average molecular weight is 288 g/mol. The van der Waals surface area contributed by atoms with Crippen LogP contribution in [0.3, 0.4) is 0 Å². The third-order valence-corrected chi connectivity index (χ3v) is 2.68. The Bertz CT molecular complexity index is 623. The number of nitrogens with one attached hydrogen (secondary N) is 2. The third-order valence-electron chi connectivity index (χ3n) is 2.68. The number of rotatable bonds is 4. The van der Waals surface area contributed by atoms with Crippen LogP contribution in [-0.4, -0.2) is 26.8 Å². The van der Waals surface area contributed by atoms with Gasteiger partial charge in [-0.1, -0.05) is 23.4 Å². The number of nitrogens with two attached hydrogens (primary N) is 1. The molecular formula is C13H16N6O2. The van der Waals surface area contributed by atoms with Crippen LogP contribution in [0.2, 0.25) is 0 Å². The third kappa shape index (κ3) is 4.11. The monoisotopic (exact) mass is 288 g/mol. The highest BCUT2D eigenvalue weighted by Gasteiger charge is 2.10. The van der Waals surface area contributed by atoms with Gasteiger partial charge in [0, 0.05) is 11.6 Å².